The van der Waals surface area contributed by atoms with E-state index in [0.29, 0.717) is 36.9 Å². The number of amides is 1. The molecule has 0 aromatic carbocycles. The van der Waals surface area contributed by atoms with Gasteiger partial charge in [0.05, 0.1) is 10.9 Å². The Morgan fingerprint density at radius 3 is 2.68 bits per heavy atom. The van der Waals surface area contributed by atoms with Crippen molar-refractivity contribution in [2.45, 2.75) is 20.3 Å². The molecule has 7 heteroatoms. The van der Waals surface area contributed by atoms with E-state index in [9.17, 15) is 9.59 Å². The molecule has 1 aromatic rings. The number of carboxylic acids is 1. The Kier molecular flexibility index (Phi) is 7.41. The molecule has 22 heavy (non-hydrogen) atoms. The van der Waals surface area contributed by atoms with Crippen LogP contribution >= 0.6 is 11.6 Å². The van der Waals surface area contributed by atoms with Gasteiger partial charge in [-0.2, -0.15) is 0 Å². The van der Waals surface area contributed by atoms with Crippen molar-refractivity contribution in [1.29, 1.82) is 0 Å². The number of halogens is 1. The highest BCUT2D eigenvalue weighted by Crippen LogP contribution is 2.16. The van der Waals surface area contributed by atoms with Crippen molar-refractivity contribution in [2.75, 3.05) is 26.3 Å². The molecule has 1 atom stereocenters. The van der Waals surface area contributed by atoms with Crippen LogP contribution in [0, 0.1) is 5.92 Å². The molecular formula is C15H23ClN2O4. The van der Waals surface area contributed by atoms with Crippen molar-refractivity contribution in [1.82, 2.24) is 9.47 Å². The highest BCUT2D eigenvalue weighted by Gasteiger charge is 2.23. The monoisotopic (exact) mass is 330 g/mol. The lowest BCUT2D eigenvalue weighted by Gasteiger charge is -2.24. The van der Waals surface area contributed by atoms with Crippen LogP contribution in [-0.4, -0.2) is 52.8 Å². The second kappa shape index (κ2) is 8.80. The number of aliphatic carboxylic acids is 1. The summed E-state index contributed by atoms with van der Waals surface area (Å²) in [4.78, 5) is 25.2. The Hall–Kier alpha value is -1.53. The third-order valence-electron chi connectivity index (χ3n) is 3.31. The van der Waals surface area contributed by atoms with Gasteiger partial charge in [0, 0.05) is 39.5 Å². The van der Waals surface area contributed by atoms with E-state index in [-0.39, 0.29) is 12.5 Å². The summed E-state index contributed by atoms with van der Waals surface area (Å²) in [6.07, 6.45) is 2.30. The van der Waals surface area contributed by atoms with Crippen LogP contribution in [0.3, 0.4) is 0 Å². The summed E-state index contributed by atoms with van der Waals surface area (Å²) in [6.45, 7) is 5.25. The van der Waals surface area contributed by atoms with E-state index < -0.39 is 11.9 Å². The van der Waals surface area contributed by atoms with Gasteiger partial charge in [0.15, 0.2) is 0 Å². The van der Waals surface area contributed by atoms with Crippen LogP contribution in [0.1, 0.15) is 30.8 Å². The molecule has 0 saturated carbocycles. The van der Waals surface area contributed by atoms with Gasteiger partial charge in [0.25, 0.3) is 5.91 Å². The van der Waals surface area contributed by atoms with Gasteiger partial charge in [-0.15, -0.1) is 0 Å². The first-order valence-corrected chi connectivity index (χ1v) is 7.66. The zero-order chi connectivity index (χ0) is 16.7. The van der Waals surface area contributed by atoms with Crippen molar-refractivity contribution < 1.29 is 19.4 Å². The Morgan fingerprint density at radius 2 is 2.18 bits per heavy atom. The van der Waals surface area contributed by atoms with E-state index in [2.05, 4.69) is 0 Å². The minimum Gasteiger partial charge on any atom is -0.481 e. The maximum Gasteiger partial charge on any atom is 0.308 e. The lowest BCUT2D eigenvalue weighted by atomic mass is 10.1. The topological polar surface area (TPSA) is 71.8 Å². The van der Waals surface area contributed by atoms with Crippen LogP contribution in [0.4, 0.5) is 0 Å². The molecule has 1 amide bonds. The van der Waals surface area contributed by atoms with E-state index in [1.54, 1.807) is 35.7 Å². The van der Waals surface area contributed by atoms with Crippen molar-refractivity contribution in [3.05, 3.63) is 23.0 Å². The molecule has 0 spiro atoms. The fraction of sp³-hybridized carbons (Fsp3) is 0.600. The molecule has 0 bridgehead atoms. The maximum atomic E-state index is 12.6. The minimum atomic E-state index is -0.924. The number of nitrogens with zero attached hydrogens (tertiary/aromatic N) is 2. The van der Waals surface area contributed by atoms with Crippen molar-refractivity contribution in [3.63, 3.8) is 0 Å². The zero-order valence-electron chi connectivity index (χ0n) is 13.2. The van der Waals surface area contributed by atoms with E-state index in [4.69, 9.17) is 21.4 Å². The Morgan fingerprint density at radius 1 is 1.50 bits per heavy atom. The van der Waals surface area contributed by atoms with Crippen LogP contribution in [0.25, 0.3) is 0 Å². The molecule has 1 unspecified atom stereocenters. The molecule has 1 N–H and O–H groups in total. The predicted octanol–water partition coefficient (Wildman–Crippen LogP) is 2.27. The van der Waals surface area contributed by atoms with E-state index >= 15 is 0 Å². The van der Waals surface area contributed by atoms with Crippen molar-refractivity contribution in [3.8, 4) is 0 Å². The van der Waals surface area contributed by atoms with Crippen LogP contribution in [0.15, 0.2) is 12.3 Å². The Balaban J connectivity index is 2.80. The molecule has 6 nitrogen and oxygen atoms in total. The summed E-state index contributed by atoms with van der Waals surface area (Å²) in [5, 5.41) is 9.54. The SMILES string of the molecule is CCOCCCN(CC(C)C(=O)O)C(=O)c1cc(Cl)cn1C. The first kappa shape index (κ1) is 18.5. The third-order valence-corrected chi connectivity index (χ3v) is 3.52. The first-order valence-electron chi connectivity index (χ1n) is 7.28. The Labute approximate surface area is 135 Å². The summed E-state index contributed by atoms with van der Waals surface area (Å²) in [5.74, 6) is -1.78. The molecule has 1 heterocycles. The summed E-state index contributed by atoms with van der Waals surface area (Å²) >= 11 is 5.91. The standard InChI is InChI=1S/C15H23ClN2O4/c1-4-22-7-5-6-18(9-11(2)15(20)21)14(19)13-8-12(16)10-17(13)3/h8,10-11H,4-7,9H2,1-3H3,(H,20,21). The van der Waals surface area contributed by atoms with Gasteiger partial charge in [-0.3, -0.25) is 9.59 Å². The first-order chi connectivity index (χ1) is 10.4. The average Bonchev–Trinajstić information content (AvgIpc) is 2.79. The largest absolute Gasteiger partial charge is 0.481 e. The van der Waals surface area contributed by atoms with Gasteiger partial charge in [-0.1, -0.05) is 18.5 Å². The number of aromatic nitrogens is 1. The molecule has 0 radical (unpaired) electrons. The van der Waals surface area contributed by atoms with Crippen LogP contribution in [0.5, 0.6) is 0 Å². The molecule has 124 valence electrons. The van der Waals surface area contributed by atoms with E-state index in [1.807, 2.05) is 6.92 Å². The fourth-order valence-electron chi connectivity index (χ4n) is 2.09. The summed E-state index contributed by atoms with van der Waals surface area (Å²) in [7, 11) is 1.73. The van der Waals surface area contributed by atoms with Gasteiger partial charge in [0.2, 0.25) is 0 Å². The second-order valence-electron chi connectivity index (χ2n) is 5.20. The molecule has 1 rings (SSSR count). The molecule has 1 aromatic heterocycles. The van der Waals surface area contributed by atoms with Gasteiger partial charge in [-0.05, 0) is 19.4 Å². The summed E-state index contributed by atoms with van der Waals surface area (Å²) in [5.41, 5.74) is 0.444. The molecular weight excluding hydrogens is 308 g/mol. The summed E-state index contributed by atoms with van der Waals surface area (Å²) < 4.78 is 6.91. The fourth-order valence-corrected chi connectivity index (χ4v) is 2.33. The lowest BCUT2D eigenvalue weighted by Crippen LogP contribution is -2.38. The average molecular weight is 331 g/mol. The molecule has 0 aliphatic heterocycles. The smallest absolute Gasteiger partial charge is 0.308 e. The van der Waals surface area contributed by atoms with E-state index in [1.165, 1.54) is 0 Å². The van der Waals surface area contributed by atoms with Gasteiger partial charge < -0.3 is 19.3 Å². The molecule has 0 fully saturated rings. The molecule has 0 saturated heterocycles. The zero-order valence-corrected chi connectivity index (χ0v) is 14.0. The number of rotatable bonds is 9. The van der Waals surface area contributed by atoms with Gasteiger partial charge in [0.1, 0.15) is 5.69 Å². The van der Waals surface area contributed by atoms with Crippen molar-refractivity contribution in [2.24, 2.45) is 13.0 Å². The number of hydrogen-bond acceptors (Lipinski definition) is 3. The highest BCUT2D eigenvalue weighted by molar-refractivity contribution is 6.31. The quantitative estimate of drug-likeness (QED) is 0.705. The van der Waals surface area contributed by atoms with E-state index in [0.717, 1.165) is 0 Å². The number of ether oxygens (including phenoxy) is 1. The normalized spacial score (nSPS) is 12.2. The minimum absolute atomic E-state index is 0.156. The number of carboxylic acid groups (broad SMARTS) is 1. The molecule has 0 aliphatic carbocycles. The maximum absolute atomic E-state index is 12.6. The Bertz CT molecular complexity index is 516. The lowest BCUT2D eigenvalue weighted by molar-refractivity contribution is -0.141. The third kappa shape index (κ3) is 5.35. The van der Waals surface area contributed by atoms with Crippen molar-refractivity contribution >= 4 is 23.5 Å². The van der Waals surface area contributed by atoms with Gasteiger partial charge in [-0.25, -0.2) is 0 Å². The van der Waals surface area contributed by atoms with Crippen LogP contribution in [-0.2, 0) is 16.6 Å². The number of carbonyl (C=O) groups is 2. The predicted molar refractivity (Wildman–Crippen MR) is 84.2 cm³/mol. The number of carbonyl (C=O) groups excluding carboxylic acids is 1. The van der Waals surface area contributed by atoms with Gasteiger partial charge >= 0.3 is 5.97 Å². The number of hydrogen-bond donors (Lipinski definition) is 1. The van der Waals surface area contributed by atoms with Crippen LogP contribution in [0.2, 0.25) is 5.02 Å². The van der Waals surface area contributed by atoms with Crippen LogP contribution < -0.4 is 0 Å². The molecule has 0 aliphatic rings. The second-order valence-corrected chi connectivity index (χ2v) is 5.63. The number of aryl methyl sites for hydroxylation is 1. The highest BCUT2D eigenvalue weighted by atomic mass is 35.5. The summed E-state index contributed by atoms with van der Waals surface area (Å²) in [6, 6.07) is 1.59.